The van der Waals surface area contributed by atoms with Crippen molar-refractivity contribution in [3.8, 4) is 0 Å². The van der Waals surface area contributed by atoms with Gasteiger partial charge in [0.15, 0.2) is 0 Å². The van der Waals surface area contributed by atoms with Crippen LogP contribution in [0.15, 0.2) is 85.1 Å². The summed E-state index contributed by atoms with van der Waals surface area (Å²) in [7, 11) is 0. The Morgan fingerprint density at radius 1 is 0.500 bits per heavy atom. The molecule has 0 bridgehead atoms. The first-order valence-corrected chi connectivity index (χ1v) is 24.8. The van der Waals surface area contributed by atoms with Crippen molar-refractivity contribution in [1.29, 1.82) is 0 Å². The molecule has 3 atom stereocenters. The number of hydrogen-bond acceptors (Lipinski definition) is 5. The second-order valence-corrected chi connectivity index (χ2v) is 16.5. The molecule has 60 heavy (non-hydrogen) atoms. The molecule has 6 heteroatoms. The van der Waals surface area contributed by atoms with E-state index in [2.05, 4.69) is 111 Å². The van der Waals surface area contributed by atoms with Gasteiger partial charge in [0.05, 0.1) is 25.2 Å². The van der Waals surface area contributed by atoms with E-state index in [1.807, 2.05) is 0 Å². The zero-order chi connectivity index (χ0) is 43.8. The number of rotatable bonds is 43. The lowest BCUT2D eigenvalue weighted by atomic mass is 10.0. The van der Waals surface area contributed by atoms with Crippen LogP contribution in [-0.2, 0) is 14.3 Å². The van der Waals surface area contributed by atoms with Crippen molar-refractivity contribution < 1.29 is 24.5 Å². The molecule has 3 unspecified atom stereocenters. The van der Waals surface area contributed by atoms with Crippen molar-refractivity contribution in [2.45, 2.75) is 238 Å². The van der Waals surface area contributed by atoms with Crippen molar-refractivity contribution in [2.24, 2.45) is 0 Å². The SMILES string of the molecule is CC/C=C/C/C=C/C/C=C/C/C=C/CCCC(CC(=O)NC(CO)C(O)CCCCCCCCCCCC)OC(=O)CCCCCC/C=C\C/C=C\C/C=C\CCCCC. The van der Waals surface area contributed by atoms with E-state index in [-0.39, 0.29) is 24.9 Å². The van der Waals surface area contributed by atoms with Gasteiger partial charge in [-0.25, -0.2) is 0 Å². The van der Waals surface area contributed by atoms with Crippen LogP contribution in [0.4, 0.5) is 0 Å². The van der Waals surface area contributed by atoms with Gasteiger partial charge in [-0.1, -0.05) is 196 Å². The Balaban J connectivity index is 4.73. The van der Waals surface area contributed by atoms with Crippen LogP contribution in [0.1, 0.15) is 220 Å². The number of carbonyl (C=O) groups is 2. The molecule has 0 spiro atoms. The topological polar surface area (TPSA) is 95.9 Å². The molecule has 0 radical (unpaired) electrons. The third-order valence-corrected chi connectivity index (χ3v) is 10.7. The van der Waals surface area contributed by atoms with E-state index >= 15 is 0 Å². The quantitative estimate of drug-likeness (QED) is 0.0323. The molecule has 0 fully saturated rings. The standard InChI is InChI=1S/C54H93NO5/c1-4-7-10-13-16-19-22-24-26-27-28-30-32-35-38-41-44-47-54(59)60-50(45-42-39-36-33-31-29-25-23-20-17-14-11-8-5-2)48-53(58)55-51(49-56)52(57)46-43-40-37-34-21-18-15-12-9-6-3/h8,11,16-17,19-20,24-26,28-30,33,36,50-52,56-57H,4-7,9-10,12-15,18,21-23,27,31-32,34-35,37-49H2,1-3H3,(H,55,58)/b11-8+,19-16-,20-17+,26-24-,29-25+,30-28-,36-33+. The Morgan fingerprint density at radius 2 is 0.917 bits per heavy atom. The summed E-state index contributed by atoms with van der Waals surface area (Å²) in [5.41, 5.74) is 0. The van der Waals surface area contributed by atoms with Gasteiger partial charge in [0.2, 0.25) is 5.91 Å². The van der Waals surface area contributed by atoms with Crippen molar-refractivity contribution >= 4 is 11.9 Å². The Bertz CT molecular complexity index is 1160. The number of allylic oxidation sites excluding steroid dienone is 14. The lowest BCUT2D eigenvalue weighted by Gasteiger charge is -2.24. The number of amides is 1. The Labute approximate surface area is 370 Å². The number of esters is 1. The molecule has 0 rings (SSSR count). The molecular formula is C54H93NO5. The van der Waals surface area contributed by atoms with Crippen LogP contribution in [0.2, 0.25) is 0 Å². The molecule has 6 nitrogen and oxygen atoms in total. The molecule has 1 amide bonds. The van der Waals surface area contributed by atoms with Gasteiger partial charge in [-0.3, -0.25) is 9.59 Å². The third kappa shape index (κ3) is 41.8. The van der Waals surface area contributed by atoms with E-state index in [1.165, 1.54) is 70.6 Å². The highest BCUT2D eigenvalue weighted by atomic mass is 16.5. The van der Waals surface area contributed by atoms with Gasteiger partial charge in [-0.15, -0.1) is 0 Å². The van der Waals surface area contributed by atoms with Crippen LogP contribution in [0.5, 0.6) is 0 Å². The van der Waals surface area contributed by atoms with Crippen LogP contribution in [0, 0.1) is 0 Å². The minimum absolute atomic E-state index is 0.0265. The average Bonchev–Trinajstić information content (AvgIpc) is 3.24. The number of nitrogens with one attached hydrogen (secondary N) is 1. The molecule has 0 aromatic heterocycles. The Morgan fingerprint density at radius 3 is 1.43 bits per heavy atom. The maximum absolute atomic E-state index is 13.2. The van der Waals surface area contributed by atoms with E-state index in [4.69, 9.17) is 4.74 Å². The molecule has 0 aromatic carbocycles. The molecule has 0 aliphatic rings. The van der Waals surface area contributed by atoms with Gasteiger partial charge >= 0.3 is 5.97 Å². The maximum atomic E-state index is 13.2. The van der Waals surface area contributed by atoms with Crippen LogP contribution < -0.4 is 5.32 Å². The molecular weight excluding hydrogens is 743 g/mol. The zero-order valence-corrected chi connectivity index (χ0v) is 39.1. The van der Waals surface area contributed by atoms with E-state index in [9.17, 15) is 19.8 Å². The van der Waals surface area contributed by atoms with Gasteiger partial charge in [0.25, 0.3) is 0 Å². The van der Waals surface area contributed by atoms with Crippen molar-refractivity contribution in [2.75, 3.05) is 6.61 Å². The van der Waals surface area contributed by atoms with Gasteiger partial charge in [0.1, 0.15) is 6.10 Å². The second-order valence-electron chi connectivity index (χ2n) is 16.5. The lowest BCUT2D eigenvalue weighted by molar-refractivity contribution is -0.151. The molecule has 0 heterocycles. The Hall–Kier alpha value is -2.96. The summed E-state index contributed by atoms with van der Waals surface area (Å²) in [5.74, 6) is -0.561. The molecule has 0 aromatic rings. The largest absolute Gasteiger partial charge is 0.462 e. The summed E-state index contributed by atoms with van der Waals surface area (Å²) in [6, 6.07) is -0.726. The fourth-order valence-electron chi connectivity index (χ4n) is 6.96. The predicted molar refractivity (Wildman–Crippen MR) is 259 cm³/mol. The summed E-state index contributed by atoms with van der Waals surface area (Å²) in [6.07, 6.45) is 60.7. The van der Waals surface area contributed by atoms with E-state index in [1.54, 1.807) is 0 Å². The number of carbonyl (C=O) groups excluding carboxylic acids is 2. The summed E-state index contributed by atoms with van der Waals surface area (Å²) in [6.45, 7) is 6.29. The van der Waals surface area contributed by atoms with Crippen LogP contribution in [0.25, 0.3) is 0 Å². The van der Waals surface area contributed by atoms with Crippen LogP contribution >= 0.6 is 0 Å². The van der Waals surface area contributed by atoms with E-state index < -0.39 is 18.2 Å². The number of hydrogen-bond donors (Lipinski definition) is 3. The van der Waals surface area contributed by atoms with Gasteiger partial charge in [-0.05, 0) is 96.3 Å². The van der Waals surface area contributed by atoms with Gasteiger partial charge in [0, 0.05) is 6.42 Å². The fraction of sp³-hybridized carbons (Fsp3) is 0.704. The summed E-state index contributed by atoms with van der Waals surface area (Å²) in [5, 5.41) is 23.7. The summed E-state index contributed by atoms with van der Waals surface area (Å²) >= 11 is 0. The van der Waals surface area contributed by atoms with Crippen molar-refractivity contribution in [3.05, 3.63) is 85.1 Å². The van der Waals surface area contributed by atoms with Gasteiger partial charge < -0.3 is 20.3 Å². The minimum Gasteiger partial charge on any atom is -0.462 e. The first kappa shape index (κ1) is 57.0. The first-order chi connectivity index (χ1) is 29.5. The highest BCUT2D eigenvalue weighted by Gasteiger charge is 2.24. The molecule has 3 N–H and O–H groups in total. The molecule has 0 aliphatic heterocycles. The maximum Gasteiger partial charge on any atom is 0.306 e. The molecule has 0 aliphatic carbocycles. The minimum atomic E-state index is -0.808. The highest BCUT2D eigenvalue weighted by Crippen LogP contribution is 2.16. The van der Waals surface area contributed by atoms with Crippen LogP contribution in [-0.4, -0.2) is 46.9 Å². The highest BCUT2D eigenvalue weighted by molar-refractivity contribution is 5.77. The number of aliphatic hydroxyl groups excluding tert-OH is 2. The molecule has 344 valence electrons. The van der Waals surface area contributed by atoms with Gasteiger partial charge in [-0.2, -0.15) is 0 Å². The van der Waals surface area contributed by atoms with Crippen molar-refractivity contribution in [3.63, 3.8) is 0 Å². The monoisotopic (exact) mass is 836 g/mol. The van der Waals surface area contributed by atoms with E-state index in [0.29, 0.717) is 19.3 Å². The third-order valence-electron chi connectivity index (χ3n) is 10.7. The number of ether oxygens (including phenoxy) is 1. The van der Waals surface area contributed by atoms with Crippen LogP contribution in [0.3, 0.4) is 0 Å². The molecule has 0 saturated heterocycles. The van der Waals surface area contributed by atoms with Crippen molar-refractivity contribution in [1.82, 2.24) is 5.32 Å². The fourth-order valence-corrected chi connectivity index (χ4v) is 6.96. The number of aliphatic hydroxyl groups is 2. The lowest BCUT2D eigenvalue weighted by Crippen LogP contribution is -2.46. The van der Waals surface area contributed by atoms with E-state index in [0.717, 1.165) is 103 Å². The summed E-state index contributed by atoms with van der Waals surface area (Å²) in [4.78, 5) is 26.1. The summed E-state index contributed by atoms with van der Waals surface area (Å²) < 4.78 is 5.89. The average molecular weight is 836 g/mol. The predicted octanol–water partition coefficient (Wildman–Crippen LogP) is 14.8. The Kier molecular flexibility index (Phi) is 44.8. The normalized spacial score (nSPS) is 14.0. The first-order valence-electron chi connectivity index (χ1n) is 24.8. The smallest absolute Gasteiger partial charge is 0.306 e. The number of unbranched alkanes of at least 4 members (excludes halogenated alkanes) is 17. The zero-order valence-electron chi connectivity index (χ0n) is 39.1. The second kappa shape index (κ2) is 47.1. The molecule has 0 saturated carbocycles.